The molecule has 15 heavy (non-hydrogen) atoms. The van der Waals surface area contributed by atoms with Gasteiger partial charge >= 0.3 is 6.03 Å². The molecule has 0 spiro atoms. The summed E-state index contributed by atoms with van der Waals surface area (Å²) in [5.41, 5.74) is 0. The second-order valence-electron chi connectivity index (χ2n) is 3.66. The maximum atomic E-state index is 11.5. The van der Waals surface area contributed by atoms with Gasteiger partial charge in [-0.25, -0.2) is 4.79 Å². The third kappa shape index (κ3) is 2.30. The van der Waals surface area contributed by atoms with Crippen LogP contribution in [-0.2, 0) is 6.54 Å². The fraction of sp³-hybridized carbons (Fsp3) is 0.500. The van der Waals surface area contributed by atoms with Gasteiger partial charge in [-0.15, -0.1) is 0 Å². The first-order valence-electron chi connectivity index (χ1n) is 5.02. The number of amides is 2. The van der Waals surface area contributed by atoms with Gasteiger partial charge in [0.2, 0.25) is 0 Å². The summed E-state index contributed by atoms with van der Waals surface area (Å²) in [6.07, 6.45) is 1.62. The number of nitrogens with one attached hydrogen (secondary N) is 2. The standard InChI is InChI=1S/C10H15N3O2/c1-11-5-8-6-13(10(14)12-8)7-9-3-2-4-15-9/h2-4,8,11H,5-7H2,1H3,(H,12,14). The Labute approximate surface area is 88.4 Å². The molecule has 1 aliphatic heterocycles. The van der Waals surface area contributed by atoms with Crippen LogP contribution >= 0.6 is 0 Å². The van der Waals surface area contributed by atoms with Crippen LogP contribution in [0, 0.1) is 0 Å². The number of furan rings is 1. The van der Waals surface area contributed by atoms with Crippen molar-refractivity contribution in [2.24, 2.45) is 0 Å². The van der Waals surface area contributed by atoms with Gasteiger partial charge < -0.3 is 20.0 Å². The van der Waals surface area contributed by atoms with E-state index in [2.05, 4.69) is 10.6 Å². The minimum absolute atomic E-state index is 0.0216. The van der Waals surface area contributed by atoms with Crippen LogP contribution in [0.4, 0.5) is 4.79 Å². The lowest BCUT2D eigenvalue weighted by Crippen LogP contribution is -2.35. The number of hydrogen-bond donors (Lipinski definition) is 2. The molecule has 0 aliphatic carbocycles. The summed E-state index contributed by atoms with van der Waals surface area (Å²) in [4.78, 5) is 13.3. The number of nitrogens with zero attached hydrogens (tertiary/aromatic N) is 1. The molecule has 0 radical (unpaired) electrons. The van der Waals surface area contributed by atoms with Crippen LogP contribution in [0.3, 0.4) is 0 Å². The van der Waals surface area contributed by atoms with Crippen molar-refractivity contribution in [2.75, 3.05) is 20.1 Å². The van der Waals surface area contributed by atoms with E-state index in [1.807, 2.05) is 19.2 Å². The lowest BCUT2D eigenvalue weighted by Gasteiger charge is -2.12. The van der Waals surface area contributed by atoms with Crippen LogP contribution in [0.25, 0.3) is 0 Å². The van der Waals surface area contributed by atoms with Gasteiger partial charge in [0.15, 0.2) is 0 Å². The Morgan fingerprint density at radius 1 is 1.73 bits per heavy atom. The maximum absolute atomic E-state index is 11.5. The molecule has 2 N–H and O–H groups in total. The largest absolute Gasteiger partial charge is 0.467 e. The van der Waals surface area contributed by atoms with E-state index in [4.69, 9.17) is 4.42 Å². The minimum atomic E-state index is -0.0216. The normalized spacial score (nSPS) is 20.7. The van der Waals surface area contributed by atoms with Gasteiger partial charge in [0.1, 0.15) is 5.76 Å². The first-order chi connectivity index (χ1) is 7.29. The van der Waals surface area contributed by atoms with Crippen molar-refractivity contribution < 1.29 is 9.21 Å². The molecule has 82 valence electrons. The van der Waals surface area contributed by atoms with Gasteiger partial charge in [-0.1, -0.05) is 0 Å². The molecule has 1 aliphatic rings. The van der Waals surface area contributed by atoms with Gasteiger partial charge in [-0.2, -0.15) is 0 Å². The summed E-state index contributed by atoms with van der Waals surface area (Å²) in [6.45, 7) is 2.06. The van der Waals surface area contributed by atoms with Crippen LogP contribution in [0.2, 0.25) is 0 Å². The Kier molecular flexibility index (Phi) is 2.91. The highest BCUT2D eigenvalue weighted by molar-refractivity contribution is 5.76. The first-order valence-corrected chi connectivity index (χ1v) is 5.02. The summed E-state index contributed by atoms with van der Waals surface area (Å²) < 4.78 is 5.20. The Morgan fingerprint density at radius 2 is 2.60 bits per heavy atom. The number of hydrogen-bond acceptors (Lipinski definition) is 3. The number of likely N-dealkylation sites (N-methyl/N-ethyl adjacent to an activating group) is 1. The second-order valence-corrected chi connectivity index (χ2v) is 3.66. The molecule has 2 amide bonds. The van der Waals surface area contributed by atoms with E-state index in [9.17, 15) is 4.79 Å². The molecule has 1 atom stereocenters. The number of carbonyl (C=O) groups excluding carboxylic acids is 1. The molecule has 5 nitrogen and oxygen atoms in total. The van der Waals surface area contributed by atoms with Crippen LogP contribution in [0.15, 0.2) is 22.8 Å². The Bertz CT molecular complexity index is 323. The van der Waals surface area contributed by atoms with Crippen molar-refractivity contribution in [1.29, 1.82) is 0 Å². The van der Waals surface area contributed by atoms with Crippen molar-refractivity contribution in [3.05, 3.63) is 24.2 Å². The van der Waals surface area contributed by atoms with Crippen LogP contribution in [-0.4, -0.2) is 37.1 Å². The summed E-state index contributed by atoms with van der Waals surface area (Å²) in [6, 6.07) is 3.87. The van der Waals surface area contributed by atoms with Crippen molar-refractivity contribution in [1.82, 2.24) is 15.5 Å². The van der Waals surface area contributed by atoms with Crippen molar-refractivity contribution >= 4 is 6.03 Å². The topological polar surface area (TPSA) is 57.5 Å². The molecule has 1 aromatic rings. The molecule has 2 rings (SSSR count). The van der Waals surface area contributed by atoms with E-state index >= 15 is 0 Å². The van der Waals surface area contributed by atoms with E-state index in [0.717, 1.165) is 18.8 Å². The van der Waals surface area contributed by atoms with Crippen LogP contribution < -0.4 is 10.6 Å². The average molecular weight is 209 g/mol. The summed E-state index contributed by atoms with van der Waals surface area (Å²) in [5, 5.41) is 5.94. The molecule has 0 aromatic carbocycles. The van der Waals surface area contributed by atoms with Crippen molar-refractivity contribution in [3.63, 3.8) is 0 Å². The Balaban J connectivity index is 1.91. The van der Waals surface area contributed by atoms with Crippen molar-refractivity contribution in [3.8, 4) is 0 Å². The van der Waals surface area contributed by atoms with Gasteiger partial charge in [0.05, 0.1) is 18.8 Å². The second kappa shape index (κ2) is 4.35. The number of rotatable bonds is 4. The van der Waals surface area contributed by atoms with Gasteiger partial charge in [0.25, 0.3) is 0 Å². The van der Waals surface area contributed by atoms with E-state index in [0.29, 0.717) is 6.54 Å². The summed E-state index contributed by atoms with van der Waals surface area (Å²) in [7, 11) is 1.88. The van der Waals surface area contributed by atoms with E-state index in [-0.39, 0.29) is 12.1 Å². The third-order valence-electron chi connectivity index (χ3n) is 2.43. The molecular formula is C10H15N3O2. The molecular weight excluding hydrogens is 194 g/mol. The maximum Gasteiger partial charge on any atom is 0.318 e. The molecule has 2 heterocycles. The molecule has 1 aromatic heterocycles. The van der Waals surface area contributed by atoms with E-state index in [1.54, 1.807) is 11.2 Å². The zero-order chi connectivity index (χ0) is 10.7. The smallest absolute Gasteiger partial charge is 0.318 e. The van der Waals surface area contributed by atoms with Gasteiger partial charge in [-0.3, -0.25) is 0 Å². The van der Waals surface area contributed by atoms with Crippen molar-refractivity contribution in [2.45, 2.75) is 12.6 Å². The fourth-order valence-electron chi connectivity index (χ4n) is 1.75. The fourth-order valence-corrected chi connectivity index (χ4v) is 1.75. The zero-order valence-corrected chi connectivity index (χ0v) is 8.69. The Morgan fingerprint density at radius 3 is 3.27 bits per heavy atom. The number of urea groups is 1. The minimum Gasteiger partial charge on any atom is -0.467 e. The summed E-state index contributed by atoms with van der Waals surface area (Å²) in [5.74, 6) is 0.815. The predicted octanol–water partition coefficient (Wildman–Crippen LogP) is 0.393. The highest BCUT2D eigenvalue weighted by atomic mass is 16.3. The predicted molar refractivity (Wildman–Crippen MR) is 55.4 cm³/mol. The van der Waals surface area contributed by atoms with E-state index < -0.39 is 0 Å². The molecule has 0 bridgehead atoms. The van der Waals surface area contributed by atoms with Crippen LogP contribution in [0.5, 0.6) is 0 Å². The van der Waals surface area contributed by atoms with E-state index in [1.165, 1.54) is 0 Å². The quantitative estimate of drug-likeness (QED) is 0.754. The van der Waals surface area contributed by atoms with Crippen LogP contribution in [0.1, 0.15) is 5.76 Å². The summed E-state index contributed by atoms with van der Waals surface area (Å²) >= 11 is 0. The molecule has 1 unspecified atom stereocenters. The number of carbonyl (C=O) groups is 1. The Hall–Kier alpha value is -1.49. The molecule has 0 saturated carbocycles. The lowest BCUT2D eigenvalue weighted by atomic mass is 10.3. The highest BCUT2D eigenvalue weighted by Gasteiger charge is 2.28. The van der Waals surface area contributed by atoms with Gasteiger partial charge in [0, 0.05) is 13.1 Å². The third-order valence-corrected chi connectivity index (χ3v) is 2.43. The average Bonchev–Trinajstić information content (AvgIpc) is 2.79. The lowest BCUT2D eigenvalue weighted by molar-refractivity contribution is 0.211. The first kappa shape index (κ1) is 10.0. The molecule has 1 saturated heterocycles. The zero-order valence-electron chi connectivity index (χ0n) is 8.69. The molecule has 5 heteroatoms. The highest BCUT2D eigenvalue weighted by Crippen LogP contribution is 2.10. The monoisotopic (exact) mass is 209 g/mol. The molecule has 1 fully saturated rings. The van der Waals surface area contributed by atoms with Gasteiger partial charge in [-0.05, 0) is 19.2 Å². The SMILES string of the molecule is CNCC1CN(Cc2ccco2)C(=O)N1.